The Morgan fingerprint density at radius 2 is 1.38 bits per heavy atom. The number of aliphatic carboxylic acids is 2. The summed E-state index contributed by atoms with van der Waals surface area (Å²) in [7, 11) is 0. The number of hydrogen-bond acceptors (Lipinski definition) is 2. The predicted octanol–water partition coefficient (Wildman–Crippen LogP) is 2.77. The first-order valence-corrected chi connectivity index (χ1v) is 5.90. The van der Waals surface area contributed by atoms with E-state index in [1.807, 2.05) is 20.8 Å². The molecular formula is C12H22O4. The molecule has 0 saturated heterocycles. The summed E-state index contributed by atoms with van der Waals surface area (Å²) in [6, 6.07) is 0. The van der Waals surface area contributed by atoms with Crippen molar-refractivity contribution in [3.63, 3.8) is 0 Å². The first-order chi connectivity index (χ1) is 7.45. The second kappa shape index (κ2) is 6.51. The summed E-state index contributed by atoms with van der Waals surface area (Å²) in [6.45, 7) is 5.80. The molecule has 0 spiro atoms. The van der Waals surface area contributed by atoms with Crippen molar-refractivity contribution in [3.05, 3.63) is 0 Å². The van der Waals surface area contributed by atoms with E-state index in [2.05, 4.69) is 0 Å². The molecule has 0 atom stereocenters. The second-order valence-corrected chi connectivity index (χ2v) is 4.33. The molecule has 0 saturated carbocycles. The minimum atomic E-state index is -1.28. The monoisotopic (exact) mass is 230 g/mol. The zero-order chi connectivity index (χ0) is 12.8. The summed E-state index contributed by atoms with van der Waals surface area (Å²) < 4.78 is 0. The first kappa shape index (κ1) is 14.9. The van der Waals surface area contributed by atoms with Crippen LogP contribution in [0.1, 0.15) is 52.9 Å². The van der Waals surface area contributed by atoms with E-state index in [1.165, 1.54) is 0 Å². The Balaban J connectivity index is 5.22. The molecule has 4 heteroatoms. The van der Waals surface area contributed by atoms with Gasteiger partial charge in [-0.25, -0.2) is 0 Å². The van der Waals surface area contributed by atoms with Crippen LogP contribution in [0.25, 0.3) is 0 Å². The number of rotatable bonds is 8. The van der Waals surface area contributed by atoms with Gasteiger partial charge in [-0.3, -0.25) is 9.59 Å². The molecule has 4 nitrogen and oxygen atoms in total. The van der Waals surface area contributed by atoms with E-state index in [4.69, 9.17) is 10.2 Å². The number of carboxylic acid groups (broad SMARTS) is 2. The molecule has 0 heterocycles. The SMILES string of the molecule is CCCC(CC)(CCC)C(C(=O)O)C(=O)O. The summed E-state index contributed by atoms with van der Waals surface area (Å²) >= 11 is 0. The lowest BCUT2D eigenvalue weighted by molar-refractivity contribution is -0.162. The minimum absolute atomic E-state index is 0.595. The van der Waals surface area contributed by atoms with Gasteiger partial charge in [-0.2, -0.15) is 0 Å². The smallest absolute Gasteiger partial charge is 0.318 e. The molecular weight excluding hydrogens is 208 g/mol. The van der Waals surface area contributed by atoms with Crippen molar-refractivity contribution in [2.24, 2.45) is 11.3 Å². The van der Waals surface area contributed by atoms with Crippen LogP contribution in [0, 0.1) is 11.3 Å². The van der Waals surface area contributed by atoms with E-state index in [9.17, 15) is 9.59 Å². The van der Waals surface area contributed by atoms with E-state index in [0.717, 1.165) is 12.8 Å². The fourth-order valence-electron chi connectivity index (χ4n) is 2.60. The largest absolute Gasteiger partial charge is 0.481 e. The molecule has 0 radical (unpaired) electrons. The molecule has 0 fully saturated rings. The third kappa shape index (κ3) is 3.22. The van der Waals surface area contributed by atoms with Gasteiger partial charge in [0.15, 0.2) is 5.92 Å². The van der Waals surface area contributed by atoms with Crippen molar-refractivity contribution < 1.29 is 19.8 Å². The van der Waals surface area contributed by atoms with Crippen LogP contribution in [-0.2, 0) is 9.59 Å². The highest BCUT2D eigenvalue weighted by atomic mass is 16.4. The Morgan fingerprint density at radius 3 is 1.56 bits per heavy atom. The van der Waals surface area contributed by atoms with Crippen LogP contribution in [0.2, 0.25) is 0 Å². The van der Waals surface area contributed by atoms with Gasteiger partial charge in [-0.1, -0.05) is 33.6 Å². The third-order valence-electron chi connectivity index (χ3n) is 3.31. The standard InChI is InChI=1S/C12H22O4/c1-4-7-12(6-3,8-5-2)9(10(13)14)11(15)16/h9H,4-8H2,1-3H3,(H,13,14)(H,15,16). The van der Waals surface area contributed by atoms with E-state index in [-0.39, 0.29) is 0 Å². The minimum Gasteiger partial charge on any atom is -0.481 e. The van der Waals surface area contributed by atoms with Crippen molar-refractivity contribution in [2.75, 3.05) is 0 Å². The lowest BCUT2D eigenvalue weighted by Crippen LogP contribution is -2.41. The van der Waals surface area contributed by atoms with Crippen molar-refractivity contribution in [3.8, 4) is 0 Å². The Morgan fingerprint density at radius 1 is 1.00 bits per heavy atom. The van der Waals surface area contributed by atoms with Gasteiger partial charge in [0.05, 0.1) is 0 Å². The molecule has 94 valence electrons. The fourth-order valence-corrected chi connectivity index (χ4v) is 2.60. The van der Waals surface area contributed by atoms with Crippen molar-refractivity contribution >= 4 is 11.9 Å². The normalized spacial score (nSPS) is 11.8. The van der Waals surface area contributed by atoms with Gasteiger partial charge in [-0.05, 0) is 24.7 Å². The molecule has 0 unspecified atom stereocenters. The lowest BCUT2D eigenvalue weighted by atomic mass is 9.67. The van der Waals surface area contributed by atoms with Crippen LogP contribution in [0.3, 0.4) is 0 Å². The van der Waals surface area contributed by atoms with Crippen LogP contribution >= 0.6 is 0 Å². The number of carbonyl (C=O) groups is 2. The molecule has 0 aliphatic heterocycles. The Bertz CT molecular complexity index is 227. The molecule has 0 aromatic carbocycles. The molecule has 0 aliphatic rings. The van der Waals surface area contributed by atoms with Crippen molar-refractivity contribution in [2.45, 2.75) is 52.9 Å². The summed E-state index contributed by atoms with van der Waals surface area (Å²) in [6.07, 6.45) is 3.52. The third-order valence-corrected chi connectivity index (χ3v) is 3.31. The van der Waals surface area contributed by atoms with Crippen molar-refractivity contribution in [1.29, 1.82) is 0 Å². The molecule has 0 aromatic rings. The Labute approximate surface area is 96.7 Å². The molecule has 2 N–H and O–H groups in total. The maximum Gasteiger partial charge on any atom is 0.318 e. The van der Waals surface area contributed by atoms with Crippen LogP contribution < -0.4 is 0 Å². The van der Waals surface area contributed by atoms with E-state index in [1.54, 1.807) is 0 Å². The Hall–Kier alpha value is -1.06. The molecule has 0 bridgehead atoms. The highest BCUT2D eigenvalue weighted by Crippen LogP contribution is 2.41. The number of carboxylic acids is 2. The fraction of sp³-hybridized carbons (Fsp3) is 0.833. The zero-order valence-corrected chi connectivity index (χ0v) is 10.3. The first-order valence-electron chi connectivity index (χ1n) is 5.90. The van der Waals surface area contributed by atoms with E-state index in [0.29, 0.717) is 19.3 Å². The second-order valence-electron chi connectivity index (χ2n) is 4.33. The van der Waals surface area contributed by atoms with Gasteiger partial charge in [0.1, 0.15) is 0 Å². The van der Waals surface area contributed by atoms with Gasteiger partial charge < -0.3 is 10.2 Å². The molecule has 0 aliphatic carbocycles. The molecule has 16 heavy (non-hydrogen) atoms. The van der Waals surface area contributed by atoms with Crippen LogP contribution in [0.5, 0.6) is 0 Å². The topological polar surface area (TPSA) is 74.6 Å². The maximum atomic E-state index is 11.1. The zero-order valence-electron chi connectivity index (χ0n) is 10.3. The highest BCUT2D eigenvalue weighted by molar-refractivity contribution is 5.93. The lowest BCUT2D eigenvalue weighted by Gasteiger charge is -2.35. The number of hydrogen-bond donors (Lipinski definition) is 2. The van der Waals surface area contributed by atoms with Crippen LogP contribution in [-0.4, -0.2) is 22.2 Å². The predicted molar refractivity (Wildman–Crippen MR) is 61.3 cm³/mol. The summed E-state index contributed by atoms with van der Waals surface area (Å²) in [4.78, 5) is 22.2. The van der Waals surface area contributed by atoms with E-state index < -0.39 is 23.3 Å². The van der Waals surface area contributed by atoms with Gasteiger partial charge in [-0.15, -0.1) is 0 Å². The quantitative estimate of drug-likeness (QED) is 0.629. The maximum absolute atomic E-state index is 11.1. The van der Waals surface area contributed by atoms with Crippen LogP contribution in [0.4, 0.5) is 0 Å². The van der Waals surface area contributed by atoms with Gasteiger partial charge >= 0.3 is 11.9 Å². The molecule has 0 rings (SSSR count). The van der Waals surface area contributed by atoms with Gasteiger partial charge in [0.25, 0.3) is 0 Å². The van der Waals surface area contributed by atoms with Gasteiger partial charge in [0.2, 0.25) is 0 Å². The summed E-state index contributed by atoms with van der Waals surface area (Å²) in [5, 5.41) is 18.2. The summed E-state index contributed by atoms with van der Waals surface area (Å²) in [5.41, 5.74) is -0.596. The average molecular weight is 230 g/mol. The molecule has 0 amide bonds. The summed E-state index contributed by atoms with van der Waals surface area (Å²) in [5.74, 6) is -3.70. The Kier molecular flexibility index (Phi) is 6.08. The highest BCUT2D eigenvalue weighted by Gasteiger charge is 2.45. The average Bonchev–Trinajstić information content (AvgIpc) is 2.17. The van der Waals surface area contributed by atoms with Crippen molar-refractivity contribution in [1.82, 2.24) is 0 Å². The van der Waals surface area contributed by atoms with E-state index >= 15 is 0 Å². The molecule has 0 aromatic heterocycles. The van der Waals surface area contributed by atoms with Gasteiger partial charge in [0, 0.05) is 0 Å². The van der Waals surface area contributed by atoms with Crippen LogP contribution in [0.15, 0.2) is 0 Å².